The molecule has 0 aliphatic carbocycles. The first-order valence-corrected chi connectivity index (χ1v) is 6.95. The van der Waals surface area contributed by atoms with Crippen LogP contribution in [0, 0.1) is 0 Å². The van der Waals surface area contributed by atoms with E-state index in [0.717, 1.165) is 32.4 Å². The Labute approximate surface area is 111 Å². The van der Waals surface area contributed by atoms with Crippen molar-refractivity contribution in [1.82, 2.24) is 10.2 Å². The van der Waals surface area contributed by atoms with Gasteiger partial charge in [0, 0.05) is 18.6 Å². The zero-order valence-corrected chi connectivity index (χ0v) is 12.4. The van der Waals surface area contributed by atoms with Crippen molar-refractivity contribution in [2.75, 3.05) is 13.1 Å². The molecule has 1 atom stereocenters. The highest BCUT2D eigenvalue weighted by atomic mass is 16.3. The molecular formula is C14H28N2O2. The van der Waals surface area contributed by atoms with Gasteiger partial charge in [-0.3, -0.25) is 9.69 Å². The Morgan fingerprint density at radius 1 is 1.44 bits per heavy atom. The van der Waals surface area contributed by atoms with Crippen LogP contribution in [0.2, 0.25) is 0 Å². The van der Waals surface area contributed by atoms with E-state index in [1.165, 1.54) is 0 Å². The van der Waals surface area contributed by atoms with Crippen LogP contribution in [0.4, 0.5) is 0 Å². The van der Waals surface area contributed by atoms with Crippen LogP contribution in [0.3, 0.4) is 0 Å². The molecule has 0 aromatic rings. The first-order valence-electron chi connectivity index (χ1n) is 6.95. The maximum Gasteiger partial charge on any atom is 0.237 e. The molecule has 0 aromatic heterocycles. The van der Waals surface area contributed by atoms with Crippen LogP contribution < -0.4 is 5.32 Å². The Bertz CT molecular complexity index is 290. The molecule has 0 spiro atoms. The molecule has 106 valence electrons. The average Bonchev–Trinajstić information content (AvgIpc) is 2.27. The van der Waals surface area contributed by atoms with Gasteiger partial charge in [0.2, 0.25) is 5.91 Å². The quantitative estimate of drug-likeness (QED) is 0.802. The van der Waals surface area contributed by atoms with Crippen molar-refractivity contribution in [3.63, 3.8) is 0 Å². The minimum atomic E-state index is -0.560. The van der Waals surface area contributed by atoms with Crippen LogP contribution >= 0.6 is 0 Å². The van der Waals surface area contributed by atoms with Crippen molar-refractivity contribution in [3.8, 4) is 0 Å². The maximum absolute atomic E-state index is 12.2. The molecule has 18 heavy (non-hydrogen) atoms. The lowest BCUT2D eigenvalue weighted by Gasteiger charge is -2.39. The largest absolute Gasteiger partial charge is 0.390 e. The molecule has 1 rings (SSSR count). The zero-order chi connectivity index (χ0) is 14.0. The summed E-state index contributed by atoms with van der Waals surface area (Å²) in [6, 6.07) is -0.119. The van der Waals surface area contributed by atoms with E-state index in [1.807, 2.05) is 27.7 Å². The fourth-order valence-corrected chi connectivity index (χ4v) is 2.09. The van der Waals surface area contributed by atoms with Gasteiger partial charge in [-0.2, -0.15) is 0 Å². The first kappa shape index (κ1) is 15.4. The van der Waals surface area contributed by atoms with Crippen LogP contribution in [0.25, 0.3) is 0 Å². The number of likely N-dealkylation sites (tertiary alicyclic amines) is 1. The second-order valence-corrected chi connectivity index (χ2v) is 6.44. The molecule has 1 amide bonds. The lowest BCUT2D eigenvalue weighted by Crippen LogP contribution is -2.55. The summed E-state index contributed by atoms with van der Waals surface area (Å²) in [7, 11) is 0. The smallest absolute Gasteiger partial charge is 0.237 e. The van der Waals surface area contributed by atoms with E-state index >= 15 is 0 Å². The van der Waals surface area contributed by atoms with Gasteiger partial charge >= 0.3 is 0 Å². The molecule has 1 heterocycles. The van der Waals surface area contributed by atoms with Crippen molar-refractivity contribution in [2.24, 2.45) is 0 Å². The Hall–Kier alpha value is -0.610. The van der Waals surface area contributed by atoms with E-state index in [1.54, 1.807) is 0 Å². The highest BCUT2D eigenvalue weighted by molar-refractivity contribution is 5.82. The molecule has 4 heteroatoms. The lowest BCUT2D eigenvalue weighted by atomic mass is 9.93. The third-order valence-electron chi connectivity index (χ3n) is 4.15. The minimum Gasteiger partial charge on any atom is -0.390 e. The number of aliphatic hydroxyl groups is 1. The first-order chi connectivity index (χ1) is 8.17. The minimum absolute atomic E-state index is 0.0865. The van der Waals surface area contributed by atoms with E-state index in [9.17, 15) is 9.90 Å². The van der Waals surface area contributed by atoms with Crippen LogP contribution in [-0.4, -0.2) is 46.2 Å². The molecule has 4 nitrogen and oxygen atoms in total. The number of amides is 1. The van der Waals surface area contributed by atoms with Gasteiger partial charge in [-0.1, -0.05) is 6.92 Å². The van der Waals surface area contributed by atoms with E-state index in [4.69, 9.17) is 0 Å². The lowest BCUT2D eigenvalue weighted by molar-refractivity contribution is -0.129. The highest BCUT2D eigenvalue weighted by Crippen LogP contribution is 2.22. The van der Waals surface area contributed by atoms with E-state index in [-0.39, 0.29) is 17.5 Å². The summed E-state index contributed by atoms with van der Waals surface area (Å²) < 4.78 is 0. The fraction of sp³-hybridized carbons (Fsp3) is 0.929. The van der Waals surface area contributed by atoms with Crippen molar-refractivity contribution in [3.05, 3.63) is 0 Å². The summed E-state index contributed by atoms with van der Waals surface area (Å²) in [6.45, 7) is 11.5. The predicted octanol–water partition coefficient (Wildman–Crippen LogP) is 1.53. The summed E-state index contributed by atoms with van der Waals surface area (Å²) in [5, 5.41) is 13.0. The normalized spacial score (nSPS) is 22.6. The van der Waals surface area contributed by atoms with Gasteiger partial charge in [-0.15, -0.1) is 0 Å². The molecule has 0 aromatic carbocycles. The number of piperidine rings is 1. The van der Waals surface area contributed by atoms with Gasteiger partial charge in [0.05, 0.1) is 11.6 Å². The van der Waals surface area contributed by atoms with E-state index in [2.05, 4.69) is 17.1 Å². The number of carbonyl (C=O) groups excluding carboxylic acids is 1. The Morgan fingerprint density at radius 2 is 1.94 bits per heavy atom. The van der Waals surface area contributed by atoms with Gasteiger partial charge in [0.25, 0.3) is 0 Å². The van der Waals surface area contributed by atoms with Gasteiger partial charge in [-0.25, -0.2) is 0 Å². The summed E-state index contributed by atoms with van der Waals surface area (Å²) in [4.78, 5) is 14.3. The number of carbonyl (C=O) groups is 1. The van der Waals surface area contributed by atoms with Gasteiger partial charge in [0.15, 0.2) is 0 Å². The van der Waals surface area contributed by atoms with E-state index in [0.29, 0.717) is 0 Å². The zero-order valence-electron chi connectivity index (χ0n) is 12.4. The SMILES string of the molecule is CCC(C)(C)NC(=O)C(C)N1CCC(C)(O)CC1. The Morgan fingerprint density at radius 3 is 2.39 bits per heavy atom. The van der Waals surface area contributed by atoms with Crippen molar-refractivity contribution < 1.29 is 9.90 Å². The third kappa shape index (κ3) is 4.25. The molecule has 1 aliphatic rings. The second-order valence-electron chi connectivity index (χ2n) is 6.44. The summed E-state index contributed by atoms with van der Waals surface area (Å²) in [5.74, 6) is 0.0865. The van der Waals surface area contributed by atoms with Crippen LogP contribution in [0.1, 0.15) is 53.9 Å². The van der Waals surface area contributed by atoms with Gasteiger partial charge < -0.3 is 10.4 Å². The Balaban J connectivity index is 2.50. The molecule has 1 fully saturated rings. The van der Waals surface area contributed by atoms with Crippen molar-refractivity contribution in [2.45, 2.75) is 71.1 Å². The monoisotopic (exact) mass is 256 g/mol. The average molecular weight is 256 g/mol. The summed E-state index contributed by atoms with van der Waals surface area (Å²) >= 11 is 0. The molecule has 0 radical (unpaired) electrons. The van der Waals surface area contributed by atoms with Crippen LogP contribution in [0.5, 0.6) is 0 Å². The topological polar surface area (TPSA) is 52.6 Å². The fourth-order valence-electron chi connectivity index (χ4n) is 2.09. The van der Waals surface area contributed by atoms with Crippen LogP contribution in [-0.2, 0) is 4.79 Å². The van der Waals surface area contributed by atoms with Gasteiger partial charge in [-0.05, 0) is 47.0 Å². The molecular weight excluding hydrogens is 228 g/mol. The number of hydrogen-bond donors (Lipinski definition) is 2. The van der Waals surface area contributed by atoms with Crippen LogP contribution in [0.15, 0.2) is 0 Å². The molecule has 1 saturated heterocycles. The van der Waals surface area contributed by atoms with Crippen molar-refractivity contribution in [1.29, 1.82) is 0 Å². The molecule has 2 N–H and O–H groups in total. The predicted molar refractivity (Wildman–Crippen MR) is 73.4 cm³/mol. The summed E-state index contributed by atoms with van der Waals surface area (Å²) in [6.07, 6.45) is 2.39. The van der Waals surface area contributed by atoms with E-state index < -0.39 is 5.60 Å². The number of nitrogens with zero attached hydrogens (tertiary/aromatic N) is 1. The Kier molecular flexibility index (Phi) is 4.78. The number of nitrogens with one attached hydrogen (secondary N) is 1. The van der Waals surface area contributed by atoms with Crippen molar-refractivity contribution >= 4 is 5.91 Å². The second kappa shape index (κ2) is 5.57. The van der Waals surface area contributed by atoms with Gasteiger partial charge in [0.1, 0.15) is 0 Å². The number of hydrogen-bond acceptors (Lipinski definition) is 3. The molecule has 1 unspecified atom stereocenters. The number of rotatable bonds is 4. The third-order valence-corrected chi connectivity index (χ3v) is 4.15. The summed E-state index contributed by atoms with van der Waals surface area (Å²) in [5.41, 5.74) is -0.706. The molecule has 0 saturated carbocycles. The maximum atomic E-state index is 12.2. The standard InChI is InChI=1S/C14H28N2O2/c1-6-13(3,4)15-12(17)11(2)16-9-7-14(5,18)8-10-16/h11,18H,6-10H2,1-5H3,(H,15,17). The molecule has 0 bridgehead atoms. The highest BCUT2D eigenvalue weighted by Gasteiger charge is 2.32. The molecule has 1 aliphatic heterocycles.